The molecular weight excluding hydrogens is 208 g/mol. The van der Waals surface area contributed by atoms with Crippen LogP contribution in [-0.4, -0.2) is 14.8 Å². The third kappa shape index (κ3) is 2.64. The van der Waals surface area contributed by atoms with Crippen molar-refractivity contribution >= 4 is 11.3 Å². The normalized spacial score (nSPS) is 10.7. The molecule has 2 aromatic heterocycles. The van der Waals surface area contributed by atoms with Crippen molar-refractivity contribution in [2.45, 2.75) is 26.6 Å². The van der Waals surface area contributed by atoms with E-state index in [4.69, 9.17) is 0 Å². The molecule has 80 valence electrons. The Bertz CT molecular complexity index is 393. The maximum absolute atomic E-state index is 4.21. The van der Waals surface area contributed by atoms with Crippen LogP contribution in [0.15, 0.2) is 23.2 Å². The maximum Gasteiger partial charge on any atom is 0.0795 e. The highest BCUT2D eigenvalue weighted by Crippen LogP contribution is 2.02. The van der Waals surface area contributed by atoms with Crippen LogP contribution in [0, 0.1) is 0 Å². The summed E-state index contributed by atoms with van der Waals surface area (Å²) >= 11 is 1.63. The van der Waals surface area contributed by atoms with Crippen LogP contribution in [0.2, 0.25) is 0 Å². The van der Waals surface area contributed by atoms with Gasteiger partial charge >= 0.3 is 0 Å². The third-order valence-corrected chi connectivity index (χ3v) is 2.84. The highest BCUT2D eigenvalue weighted by Gasteiger charge is 2.00. The Morgan fingerprint density at radius 2 is 2.40 bits per heavy atom. The zero-order chi connectivity index (χ0) is 10.5. The standard InChI is InChI=1S/C10H14N4S/c1-2-14-10(3-4-13-14)6-11-5-9-7-15-8-12-9/h3-4,7-8,11H,2,5-6H2,1H3. The van der Waals surface area contributed by atoms with Gasteiger partial charge in [0.1, 0.15) is 0 Å². The van der Waals surface area contributed by atoms with Crippen molar-refractivity contribution in [2.24, 2.45) is 0 Å². The van der Waals surface area contributed by atoms with Gasteiger partial charge in [0, 0.05) is 31.2 Å². The summed E-state index contributed by atoms with van der Waals surface area (Å²) in [6, 6.07) is 2.04. The molecule has 5 heteroatoms. The number of hydrogen-bond donors (Lipinski definition) is 1. The van der Waals surface area contributed by atoms with Gasteiger partial charge in [-0.2, -0.15) is 5.10 Å². The van der Waals surface area contributed by atoms with Crippen LogP contribution in [0.1, 0.15) is 18.3 Å². The molecule has 2 aromatic rings. The molecule has 0 fully saturated rings. The minimum atomic E-state index is 0.818. The molecular formula is C10H14N4S. The van der Waals surface area contributed by atoms with E-state index < -0.39 is 0 Å². The summed E-state index contributed by atoms with van der Waals surface area (Å²) in [5.41, 5.74) is 4.17. The molecule has 0 spiro atoms. The maximum atomic E-state index is 4.21. The van der Waals surface area contributed by atoms with Gasteiger partial charge in [0.15, 0.2) is 0 Å². The summed E-state index contributed by atoms with van der Waals surface area (Å²) in [5.74, 6) is 0. The molecule has 0 radical (unpaired) electrons. The van der Waals surface area contributed by atoms with Gasteiger partial charge in [-0.25, -0.2) is 4.98 Å². The van der Waals surface area contributed by atoms with Crippen molar-refractivity contribution in [2.75, 3.05) is 0 Å². The highest BCUT2D eigenvalue weighted by molar-refractivity contribution is 7.07. The predicted octanol–water partition coefficient (Wildman–Crippen LogP) is 1.65. The largest absolute Gasteiger partial charge is 0.305 e. The van der Waals surface area contributed by atoms with Gasteiger partial charge < -0.3 is 5.32 Å². The number of aryl methyl sites for hydroxylation is 1. The van der Waals surface area contributed by atoms with E-state index in [1.165, 1.54) is 5.69 Å². The van der Waals surface area contributed by atoms with E-state index in [1.54, 1.807) is 11.3 Å². The fraction of sp³-hybridized carbons (Fsp3) is 0.400. The topological polar surface area (TPSA) is 42.7 Å². The Kier molecular flexibility index (Phi) is 3.47. The molecule has 0 saturated carbocycles. The van der Waals surface area contributed by atoms with Gasteiger partial charge in [-0.1, -0.05) is 0 Å². The molecule has 1 N–H and O–H groups in total. The van der Waals surface area contributed by atoms with Crippen LogP contribution in [-0.2, 0) is 19.6 Å². The van der Waals surface area contributed by atoms with Crippen molar-refractivity contribution in [1.82, 2.24) is 20.1 Å². The first-order chi connectivity index (χ1) is 7.40. The number of hydrogen-bond acceptors (Lipinski definition) is 4. The van der Waals surface area contributed by atoms with Crippen molar-refractivity contribution in [1.29, 1.82) is 0 Å². The number of aromatic nitrogens is 3. The predicted molar refractivity (Wildman–Crippen MR) is 60.6 cm³/mol. The van der Waals surface area contributed by atoms with Gasteiger partial charge in [0.05, 0.1) is 16.9 Å². The summed E-state index contributed by atoms with van der Waals surface area (Å²) in [7, 11) is 0. The quantitative estimate of drug-likeness (QED) is 0.836. The number of nitrogens with zero attached hydrogens (tertiary/aromatic N) is 3. The Hall–Kier alpha value is -1.20. The van der Waals surface area contributed by atoms with E-state index >= 15 is 0 Å². The molecule has 2 heterocycles. The lowest BCUT2D eigenvalue weighted by Crippen LogP contribution is -2.16. The van der Waals surface area contributed by atoms with Crippen LogP contribution >= 0.6 is 11.3 Å². The average Bonchev–Trinajstić information content (AvgIpc) is 2.88. The molecule has 0 amide bonds. The Labute approximate surface area is 93.0 Å². The smallest absolute Gasteiger partial charge is 0.0795 e. The molecule has 4 nitrogen and oxygen atoms in total. The lowest BCUT2D eigenvalue weighted by molar-refractivity contribution is 0.579. The van der Waals surface area contributed by atoms with Crippen LogP contribution in [0.25, 0.3) is 0 Å². The Morgan fingerprint density at radius 3 is 3.13 bits per heavy atom. The number of thiazole rings is 1. The molecule has 0 aliphatic heterocycles. The second-order valence-electron chi connectivity index (χ2n) is 3.22. The molecule has 15 heavy (non-hydrogen) atoms. The lowest BCUT2D eigenvalue weighted by atomic mass is 10.4. The van der Waals surface area contributed by atoms with Gasteiger partial charge in [0.2, 0.25) is 0 Å². The first kappa shape index (κ1) is 10.3. The first-order valence-corrected chi connectivity index (χ1v) is 5.93. The van der Waals surface area contributed by atoms with Crippen LogP contribution in [0.4, 0.5) is 0 Å². The zero-order valence-corrected chi connectivity index (χ0v) is 9.50. The third-order valence-electron chi connectivity index (χ3n) is 2.20. The number of nitrogens with one attached hydrogen (secondary N) is 1. The fourth-order valence-electron chi connectivity index (χ4n) is 1.44. The highest BCUT2D eigenvalue weighted by atomic mass is 32.1. The van der Waals surface area contributed by atoms with Crippen LogP contribution in [0.3, 0.4) is 0 Å². The van der Waals surface area contributed by atoms with Crippen molar-refractivity contribution in [3.63, 3.8) is 0 Å². The molecule has 0 saturated heterocycles. The van der Waals surface area contributed by atoms with E-state index in [2.05, 4.69) is 27.7 Å². The molecule has 0 bridgehead atoms. The first-order valence-electron chi connectivity index (χ1n) is 4.98. The molecule has 0 aromatic carbocycles. The van der Waals surface area contributed by atoms with Crippen molar-refractivity contribution in [3.8, 4) is 0 Å². The van der Waals surface area contributed by atoms with Crippen molar-refractivity contribution < 1.29 is 0 Å². The SMILES string of the molecule is CCn1nccc1CNCc1cscn1. The van der Waals surface area contributed by atoms with Gasteiger partial charge in [-0.15, -0.1) is 11.3 Å². The molecule has 0 aliphatic carbocycles. The minimum Gasteiger partial charge on any atom is -0.305 e. The van der Waals surface area contributed by atoms with E-state index in [1.807, 2.05) is 22.5 Å². The average molecular weight is 222 g/mol. The van der Waals surface area contributed by atoms with Gasteiger partial charge in [-0.05, 0) is 13.0 Å². The van der Waals surface area contributed by atoms with E-state index in [-0.39, 0.29) is 0 Å². The summed E-state index contributed by atoms with van der Waals surface area (Å²) in [4.78, 5) is 4.21. The zero-order valence-electron chi connectivity index (χ0n) is 8.68. The van der Waals surface area contributed by atoms with E-state index in [0.29, 0.717) is 0 Å². The van der Waals surface area contributed by atoms with Gasteiger partial charge in [-0.3, -0.25) is 4.68 Å². The second kappa shape index (κ2) is 5.04. The summed E-state index contributed by atoms with van der Waals surface area (Å²) in [6.45, 7) is 4.67. The summed E-state index contributed by atoms with van der Waals surface area (Å²) in [5, 5.41) is 9.62. The van der Waals surface area contributed by atoms with Crippen molar-refractivity contribution in [3.05, 3.63) is 34.5 Å². The Balaban J connectivity index is 1.83. The van der Waals surface area contributed by atoms with Crippen LogP contribution in [0.5, 0.6) is 0 Å². The van der Waals surface area contributed by atoms with E-state index in [0.717, 1.165) is 25.3 Å². The Morgan fingerprint density at radius 1 is 1.47 bits per heavy atom. The molecule has 2 rings (SSSR count). The summed E-state index contributed by atoms with van der Waals surface area (Å²) in [6.07, 6.45) is 1.84. The monoisotopic (exact) mass is 222 g/mol. The molecule has 0 aliphatic rings. The molecule has 0 unspecified atom stereocenters. The fourth-order valence-corrected chi connectivity index (χ4v) is 2.00. The minimum absolute atomic E-state index is 0.818. The van der Waals surface area contributed by atoms with Gasteiger partial charge in [0.25, 0.3) is 0 Å². The van der Waals surface area contributed by atoms with Crippen LogP contribution < -0.4 is 5.32 Å². The summed E-state index contributed by atoms with van der Waals surface area (Å²) < 4.78 is 1.99. The lowest BCUT2D eigenvalue weighted by Gasteiger charge is -2.05. The number of rotatable bonds is 5. The molecule has 0 atom stereocenters. The van der Waals surface area contributed by atoms with E-state index in [9.17, 15) is 0 Å². The second-order valence-corrected chi connectivity index (χ2v) is 3.94.